The van der Waals surface area contributed by atoms with Crippen LogP contribution in [0.25, 0.3) is 0 Å². The maximum atomic E-state index is 11.2. The average Bonchev–Trinajstić information content (AvgIpc) is 2.30. The van der Waals surface area contributed by atoms with E-state index in [0.717, 1.165) is 10.0 Å². The van der Waals surface area contributed by atoms with Gasteiger partial charge in [0, 0.05) is 11.0 Å². The summed E-state index contributed by atoms with van der Waals surface area (Å²) in [7, 11) is 1.31. The zero-order chi connectivity index (χ0) is 12.1. The van der Waals surface area contributed by atoms with E-state index in [0.29, 0.717) is 11.1 Å². The Balaban J connectivity index is 3.23. The van der Waals surface area contributed by atoms with Gasteiger partial charge < -0.3 is 10.5 Å². The molecule has 0 amide bonds. The van der Waals surface area contributed by atoms with Crippen molar-refractivity contribution in [1.82, 2.24) is 0 Å². The third kappa shape index (κ3) is 2.81. The van der Waals surface area contributed by atoms with Gasteiger partial charge in [0.15, 0.2) is 0 Å². The molecule has 84 valence electrons. The van der Waals surface area contributed by atoms with Crippen molar-refractivity contribution in [2.75, 3.05) is 7.11 Å². The molecule has 0 aliphatic heterocycles. The molecule has 1 rings (SSSR count). The minimum atomic E-state index is -0.381. The van der Waals surface area contributed by atoms with Crippen LogP contribution in [0, 0.1) is 11.3 Å². The first kappa shape index (κ1) is 12.7. The van der Waals surface area contributed by atoms with E-state index in [1.54, 1.807) is 12.1 Å². The van der Waals surface area contributed by atoms with Crippen molar-refractivity contribution in [2.24, 2.45) is 5.73 Å². The largest absolute Gasteiger partial charge is 0.469 e. The van der Waals surface area contributed by atoms with Crippen LogP contribution in [-0.4, -0.2) is 13.1 Å². The molecule has 5 heteroatoms. The Morgan fingerprint density at radius 1 is 1.62 bits per heavy atom. The second-order valence-electron chi connectivity index (χ2n) is 3.16. The first-order chi connectivity index (χ1) is 7.62. The lowest BCUT2D eigenvalue weighted by atomic mass is 9.99. The van der Waals surface area contributed by atoms with Crippen molar-refractivity contribution in [3.05, 3.63) is 33.3 Å². The number of carbonyl (C=O) groups excluding carboxylic acids is 1. The van der Waals surface area contributed by atoms with Crippen molar-refractivity contribution in [3.63, 3.8) is 0 Å². The standard InChI is InChI=1S/C11H11BrN2O2/c1-16-11(15)4-10-7(5-13)2-9(12)3-8(10)6-14/h2-3H,4-5,13H2,1H3. The zero-order valence-electron chi connectivity index (χ0n) is 8.79. The number of nitrogens with zero attached hydrogens (tertiary/aromatic N) is 1. The average molecular weight is 283 g/mol. The number of hydrogen-bond donors (Lipinski definition) is 1. The molecule has 0 fully saturated rings. The molecule has 0 aliphatic rings. The van der Waals surface area contributed by atoms with Crippen LogP contribution in [0.2, 0.25) is 0 Å². The number of esters is 1. The number of methoxy groups -OCH3 is 1. The van der Waals surface area contributed by atoms with Crippen molar-refractivity contribution in [1.29, 1.82) is 5.26 Å². The van der Waals surface area contributed by atoms with Gasteiger partial charge in [0.1, 0.15) is 0 Å². The molecule has 1 aromatic carbocycles. The highest BCUT2D eigenvalue weighted by Crippen LogP contribution is 2.21. The van der Waals surface area contributed by atoms with E-state index in [2.05, 4.69) is 20.7 Å². The van der Waals surface area contributed by atoms with Gasteiger partial charge in [-0.05, 0) is 23.3 Å². The highest BCUT2D eigenvalue weighted by Gasteiger charge is 2.13. The summed E-state index contributed by atoms with van der Waals surface area (Å²) >= 11 is 3.29. The fraction of sp³-hybridized carbons (Fsp3) is 0.273. The predicted octanol–water partition coefficient (Wildman–Crippen LogP) is 1.49. The second kappa shape index (κ2) is 5.64. The van der Waals surface area contributed by atoms with Crippen LogP contribution in [0.3, 0.4) is 0 Å². The van der Waals surface area contributed by atoms with E-state index in [4.69, 9.17) is 11.0 Å². The van der Waals surface area contributed by atoms with E-state index < -0.39 is 0 Å². The lowest BCUT2D eigenvalue weighted by molar-refractivity contribution is -0.139. The number of carbonyl (C=O) groups is 1. The number of hydrogen-bond acceptors (Lipinski definition) is 4. The van der Waals surface area contributed by atoms with Gasteiger partial charge in [0.25, 0.3) is 0 Å². The fourth-order valence-corrected chi connectivity index (χ4v) is 1.91. The summed E-state index contributed by atoms with van der Waals surface area (Å²) in [5, 5.41) is 8.98. The first-order valence-electron chi connectivity index (χ1n) is 4.60. The molecule has 16 heavy (non-hydrogen) atoms. The molecule has 0 saturated heterocycles. The van der Waals surface area contributed by atoms with Gasteiger partial charge in [-0.1, -0.05) is 15.9 Å². The van der Waals surface area contributed by atoms with Gasteiger partial charge in [-0.3, -0.25) is 4.79 Å². The molecule has 0 atom stereocenters. The van der Waals surface area contributed by atoms with Gasteiger partial charge in [-0.2, -0.15) is 5.26 Å². The minimum Gasteiger partial charge on any atom is -0.469 e. The summed E-state index contributed by atoms with van der Waals surface area (Å²) in [4.78, 5) is 11.2. The van der Waals surface area contributed by atoms with Gasteiger partial charge in [0.05, 0.1) is 25.2 Å². The molecular formula is C11H11BrN2O2. The molecule has 0 saturated carbocycles. The maximum Gasteiger partial charge on any atom is 0.310 e. The Bertz CT molecular complexity index is 452. The molecule has 4 nitrogen and oxygen atoms in total. The van der Waals surface area contributed by atoms with Gasteiger partial charge >= 0.3 is 5.97 Å². The second-order valence-corrected chi connectivity index (χ2v) is 4.08. The normalized spacial score (nSPS) is 9.62. The van der Waals surface area contributed by atoms with Crippen LogP contribution in [0.15, 0.2) is 16.6 Å². The van der Waals surface area contributed by atoms with E-state index >= 15 is 0 Å². The number of nitrogens with two attached hydrogens (primary N) is 1. The van der Waals surface area contributed by atoms with E-state index in [9.17, 15) is 4.79 Å². The van der Waals surface area contributed by atoms with Crippen molar-refractivity contribution in [2.45, 2.75) is 13.0 Å². The Morgan fingerprint density at radius 2 is 2.31 bits per heavy atom. The zero-order valence-corrected chi connectivity index (χ0v) is 10.4. The highest BCUT2D eigenvalue weighted by molar-refractivity contribution is 9.10. The molecule has 0 radical (unpaired) electrons. The summed E-state index contributed by atoms with van der Waals surface area (Å²) in [6, 6.07) is 5.52. The molecule has 0 aromatic heterocycles. The van der Waals surface area contributed by atoms with Crippen LogP contribution in [-0.2, 0) is 22.5 Å². The topological polar surface area (TPSA) is 76.1 Å². The van der Waals surface area contributed by atoms with E-state index in [-0.39, 0.29) is 18.9 Å². The minimum absolute atomic E-state index is 0.0687. The molecule has 0 unspecified atom stereocenters. The number of nitriles is 1. The number of rotatable bonds is 3. The van der Waals surface area contributed by atoms with Gasteiger partial charge in [-0.15, -0.1) is 0 Å². The lowest BCUT2D eigenvalue weighted by Crippen LogP contribution is -2.11. The SMILES string of the molecule is COC(=O)Cc1c(C#N)cc(Br)cc1CN. The molecule has 0 spiro atoms. The summed E-state index contributed by atoms with van der Waals surface area (Å²) < 4.78 is 5.36. The Hall–Kier alpha value is -1.38. The molecule has 1 aromatic rings. The monoisotopic (exact) mass is 282 g/mol. The van der Waals surface area contributed by atoms with Crippen molar-refractivity contribution in [3.8, 4) is 6.07 Å². The number of ether oxygens (including phenoxy) is 1. The highest BCUT2D eigenvalue weighted by atomic mass is 79.9. The van der Waals surface area contributed by atoms with E-state index in [1.807, 2.05) is 6.07 Å². The van der Waals surface area contributed by atoms with Crippen molar-refractivity contribution >= 4 is 21.9 Å². The quantitative estimate of drug-likeness (QED) is 0.853. The smallest absolute Gasteiger partial charge is 0.310 e. The van der Waals surface area contributed by atoms with Crippen LogP contribution in [0.5, 0.6) is 0 Å². The Morgan fingerprint density at radius 3 is 2.81 bits per heavy atom. The van der Waals surface area contributed by atoms with Crippen molar-refractivity contribution < 1.29 is 9.53 Å². The van der Waals surface area contributed by atoms with Gasteiger partial charge in [0.2, 0.25) is 0 Å². The summed E-state index contributed by atoms with van der Waals surface area (Å²) in [6.45, 7) is 0.278. The van der Waals surface area contributed by atoms with Crippen LogP contribution in [0.1, 0.15) is 16.7 Å². The van der Waals surface area contributed by atoms with Crippen LogP contribution < -0.4 is 5.73 Å². The van der Waals surface area contributed by atoms with Crippen LogP contribution in [0.4, 0.5) is 0 Å². The Kier molecular flexibility index (Phi) is 4.47. The fourth-order valence-electron chi connectivity index (χ4n) is 1.40. The van der Waals surface area contributed by atoms with E-state index in [1.165, 1.54) is 7.11 Å². The molecule has 0 heterocycles. The molecular weight excluding hydrogens is 272 g/mol. The number of halogens is 1. The lowest BCUT2D eigenvalue weighted by Gasteiger charge is -2.09. The first-order valence-corrected chi connectivity index (χ1v) is 5.40. The summed E-state index contributed by atoms with van der Waals surface area (Å²) in [5.41, 5.74) is 7.44. The summed E-state index contributed by atoms with van der Waals surface area (Å²) in [6.07, 6.45) is 0.0687. The summed E-state index contributed by atoms with van der Waals surface area (Å²) in [5.74, 6) is -0.381. The third-order valence-electron chi connectivity index (χ3n) is 2.20. The Labute approximate surface area is 102 Å². The molecule has 2 N–H and O–H groups in total. The molecule has 0 bridgehead atoms. The predicted molar refractivity (Wildman–Crippen MR) is 62.5 cm³/mol. The third-order valence-corrected chi connectivity index (χ3v) is 2.65. The maximum absolute atomic E-state index is 11.2. The van der Waals surface area contributed by atoms with Crippen LogP contribution >= 0.6 is 15.9 Å². The molecule has 0 aliphatic carbocycles. The van der Waals surface area contributed by atoms with Gasteiger partial charge in [-0.25, -0.2) is 0 Å². The number of benzene rings is 1.